The summed E-state index contributed by atoms with van der Waals surface area (Å²) in [6.45, 7) is 4.89. The van der Waals surface area contributed by atoms with Crippen LogP contribution in [0.2, 0.25) is 0 Å². The van der Waals surface area contributed by atoms with Crippen LogP contribution in [0, 0.1) is 0 Å². The Balaban J connectivity index is 1.31. The summed E-state index contributed by atoms with van der Waals surface area (Å²) < 4.78 is 22.5. The number of amides is 1. The average molecular weight is 512 g/mol. The van der Waals surface area contributed by atoms with Crippen molar-refractivity contribution in [1.82, 2.24) is 24.8 Å². The van der Waals surface area contributed by atoms with Crippen molar-refractivity contribution in [1.29, 1.82) is 0 Å². The number of rotatable bonds is 6. The van der Waals surface area contributed by atoms with E-state index in [0.717, 1.165) is 46.5 Å². The molecule has 0 spiro atoms. The number of alkyl halides is 1. The van der Waals surface area contributed by atoms with Crippen LogP contribution in [-0.2, 0) is 11.2 Å². The van der Waals surface area contributed by atoms with E-state index in [-0.39, 0.29) is 18.0 Å². The van der Waals surface area contributed by atoms with Crippen molar-refractivity contribution in [2.24, 2.45) is 0 Å². The number of fused-ring (bicyclic) bond motifs is 2. The third kappa shape index (κ3) is 4.35. The zero-order valence-electron chi connectivity index (χ0n) is 21.3. The van der Waals surface area contributed by atoms with Gasteiger partial charge in [0.1, 0.15) is 11.9 Å². The van der Waals surface area contributed by atoms with Gasteiger partial charge in [0.25, 0.3) is 0 Å². The molecule has 1 saturated heterocycles. The zero-order chi connectivity index (χ0) is 26.2. The third-order valence-electron chi connectivity index (χ3n) is 7.63. The van der Waals surface area contributed by atoms with Crippen molar-refractivity contribution in [2.45, 2.75) is 37.5 Å². The number of carbonyl (C=O) groups excluding carboxylic acids is 1. The highest BCUT2D eigenvalue weighted by molar-refractivity contribution is 5.87. The summed E-state index contributed by atoms with van der Waals surface area (Å²) in [5, 5.41) is 8.18. The highest BCUT2D eigenvalue weighted by atomic mass is 19.1. The van der Waals surface area contributed by atoms with Crippen molar-refractivity contribution in [3.05, 3.63) is 84.4 Å². The molecule has 0 saturated carbocycles. The molecule has 8 heteroatoms. The summed E-state index contributed by atoms with van der Waals surface area (Å²) in [4.78, 5) is 18.6. The molecule has 2 aromatic carbocycles. The predicted molar refractivity (Wildman–Crippen MR) is 145 cm³/mol. The first-order valence-corrected chi connectivity index (χ1v) is 13.0. The second-order valence-corrected chi connectivity index (χ2v) is 9.90. The Morgan fingerprint density at radius 1 is 1.11 bits per heavy atom. The van der Waals surface area contributed by atoms with E-state index < -0.39 is 6.17 Å². The van der Waals surface area contributed by atoms with Crippen molar-refractivity contribution in [2.75, 3.05) is 20.2 Å². The Bertz CT molecular complexity index is 1490. The summed E-state index contributed by atoms with van der Waals surface area (Å²) in [5.41, 5.74) is 6.28. The number of benzene rings is 2. The van der Waals surface area contributed by atoms with Crippen LogP contribution in [0.1, 0.15) is 30.0 Å². The van der Waals surface area contributed by atoms with Crippen molar-refractivity contribution in [3.63, 3.8) is 0 Å². The number of nitrogens with one attached hydrogen (secondary N) is 1. The molecule has 2 aliphatic rings. The molecule has 1 aliphatic heterocycles. The lowest BCUT2D eigenvalue weighted by molar-refractivity contribution is -0.127. The number of likely N-dealkylation sites (tertiary alicyclic amines) is 1. The number of carbonyl (C=O) groups is 1. The molecule has 0 bridgehead atoms. The molecule has 2 aromatic heterocycles. The van der Waals surface area contributed by atoms with Crippen LogP contribution < -0.4 is 10.1 Å². The van der Waals surface area contributed by atoms with E-state index >= 15 is 4.39 Å². The van der Waals surface area contributed by atoms with Crippen LogP contribution in [0.25, 0.3) is 28.2 Å². The molecule has 38 heavy (non-hydrogen) atoms. The Morgan fingerprint density at radius 2 is 1.89 bits per heavy atom. The van der Waals surface area contributed by atoms with E-state index in [0.29, 0.717) is 31.0 Å². The van der Waals surface area contributed by atoms with E-state index in [1.165, 1.54) is 6.08 Å². The standard InChI is InChI=1S/C30H30FN5O2/c1-3-27(37)35-15-13-22(14-16-35)32-29-23-10-9-20(17-21(23)18-24(29)31)28-30(19-7-5-4-6-8-19)36-25(33-28)11-12-26(34-36)38-2/h3-12,17,22,24,29,32H,1,13-16,18H2,2H3/t24?,29-/m1/s1. The lowest BCUT2D eigenvalue weighted by Gasteiger charge is -2.34. The molecule has 6 rings (SSSR count). The molecule has 4 aromatic rings. The molecular weight excluding hydrogens is 481 g/mol. The van der Waals surface area contributed by atoms with E-state index in [9.17, 15) is 4.79 Å². The number of aromatic nitrogens is 3. The van der Waals surface area contributed by atoms with Gasteiger partial charge < -0.3 is 15.0 Å². The maximum absolute atomic E-state index is 15.3. The Hall–Kier alpha value is -4.04. The molecule has 2 atom stereocenters. The molecule has 7 nitrogen and oxygen atoms in total. The third-order valence-corrected chi connectivity index (χ3v) is 7.63. The molecular formula is C30H30FN5O2. The molecule has 1 unspecified atom stereocenters. The number of piperidine rings is 1. The molecule has 1 N–H and O–H groups in total. The highest BCUT2D eigenvalue weighted by Gasteiger charge is 2.35. The molecule has 1 amide bonds. The number of methoxy groups -OCH3 is 1. The van der Waals surface area contributed by atoms with Crippen LogP contribution in [0.4, 0.5) is 4.39 Å². The SMILES string of the molecule is C=CC(=O)N1CCC(N[C@@H]2c3ccc(-c4nc5ccc(OC)nn5c4-c4ccccc4)cc3CC2F)CC1. The van der Waals surface area contributed by atoms with Gasteiger partial charge in [0.05, 0.1) is 18.8 Å². The van der Waals surface area contributed by atoms with Crippen LogP contribution in [-0.4, -0.2) is 57.8 Å². The van der Waals surface area contributed by atoms with E-state index in [4.69, 9.17) is 9.72 Å². The number of halogens is 1. The number of imidazole rings is 1. The first kappa shape index (κ1) is 24.3. The van der Waals surface area contributed by atoms with Crippen molar-refractivity contribution >= 4 is 11.6 Å². The van der Waals surface area contributed by atoms with Crippen LogP contribution >= 0.6 is 0 Å². The van der Waals surface area contributed by atoms with Gasteiger partial charge in [-0.1, -0.05) is 49.0 Å². The topological polar surface area (TPSA) is 71.8 Å². The minimum absolute atomic E-state index is 0.0407. The van der Waals surface area contributed by atoms with Gasteiger partial charge in [0.2, 0.25) is 11.8 Å². The van der Waals surface area contributed by atoms with Gasteiger partial charge in [0.15, 0.2) is 5.65 Å². The molecule has 1 fully saturated rings. The summed E-state index contributed by atoms with van der Waals surface area (Å²) in [5.74, 6) is 0.461. The molecule has 3 heterocycles. The molecule has 1 aliphatic carbocycles. The van der Waals surface area contributed by atoms with Gasteiger partial charge in [0, 0.05) is 42.7 Å². The quantitative estimate of drug-likeness (QED) is 0.378. The Morgan fingerprint density at radius 3 is 2.63 bits per heavy atom. The highest BCUT2D eigenvalue weighted by Crippen LogP contribution is 2.39. The largest absolute Gasteiger partial charge is 0.480 e. The van der Waals surface area contributed by atoms with Gasteiger partial charge in [-0.25, -0.2) is 13.9 Å². The fourth-order valence-corrected chi connectivity index (χ4v) is 5.68. The summed E-state index contributed by atoms with van der Waals surface area (Å²) >= 11 is 0. The summed E-state index contributed by atoms with van der Waals surface area (Å²) in [6.07, 6.45) is 2.31. The fourth-order valence-electron chi connectivity index (χ4n) is 5.68. The lowest BCUT2D eigenvalue weighted by Crippen LogP contribution is -2.46. The van der Waals surface area contributed by atoms with Crippen molar-refractivity contribution < 1.29 is 13.9 Å². The monoisotopic (exact) mass is 511 g/mol. The van der Waals surface area contributed by atoms with Crippen LogP contribution in [0.5, 0.6) is 5.88 Å². The zero-order valence-corrected chi connectivity index (χ0v) is 21.3. The Labute approximate surface area is 220 Å². The van der Waals surface area contributed by atoms with Gasteiger partial charge in [-0.3, -0.25) is 4.79 Å². The number of hydrogen-bond acceptors (Lipinski definition) is 5. The van der Waals surface area contributed by atoms with Gasteiger partial charge in [-0.15, -0.1) is 5.10 Å². The van der Waals surface area contributed by atoms with E-state index in [1.54, 1.807) is 18.1 Å². The number of hydrogen-bond donors (Lipinski definition) is 1. The first-order chi connectivity index (χ1) is 18.6. The first-order valence-electron chi connectivity index (χ1n) is 13.0. The van der Waals surface area contributed by atoms with Crippen LogP contribution in [0.15, 0.2) is 73.3 Å². The van der Waals surface area contributed by atoms with Gasteiger partial charge >= 0.3 is 0 Å². The molecule has 194 valence electrons. The maximum atomic E-state index is 15.3. The minimum atomic E-state index is -1.01. The van der Waals surface area contributed by atoms with Gasteiger partial charge in [-0.05, 0) is 42.2 Å². The number of nitrogens with zero attached hydrogens (tertiary/aromatic N) is 4. The summed E-state index contributed by atoms with van der Waals surface area (Å²) in [7, 11) is 1.59. The van der Waals surface area contributed by atoms with Crippen LogP contribution in [0.3, 0.4) is 0 Å². The van der Waals surface area contributed by atoms with Crippen molar-refractivity contribution in [3.8, 4) is 28.4 Å². The second-order valence-electron chi connectivity index (χ2n) is 9.90. The second kappa shape index (κ2) is 10.0. The predicted octanol–water partition coefficient (Wildman–Crippen LogP) is 4.77. The number of ether oxygens (including phenoxy) is 1. The summed E-state index contributed by atoms with van der Waals surface area (Å²) in [6, 6.07) is 19.7. The van der Waals surface area contributed by atoms with E-state index in [2.05, 4.69) is 23.1 Å². The average Bonchev–Trinajstić information content (AvgIpc) is 3.49. The Kier molecular flexibility index (Phi) is 6.41. The molecule has 0 radical (unpaired) electrons. The minimum Gasteiger partial charge on any atom is -0.480 e. The van der Waals surface area contributed by atoms with E-state index in [1.807, 2.05) is 53.0 Å². The maximum Gasteiger partial charge on any atom is 0.245 e. The van der Waals surface area contributed by atoms with Gasteiger partial charge in [-0.2, -0.15) is 0 Å². The smallest absolute Gasteiger partial charge is 0.245 e. The fraction of sp³-hybridized carbons (Fsp3) is 0.300. The lowest BCUT2D eigenvalue weighted by atomic mass is 9.98. The normalized spacial score (nSPS) is 19.5.